The van der Waals surface area contributed by atoms with Crippen LogP contribution in [0.3, 0.4) is 0 Å². The Hall–Kier alpha value is -4.32. The number of anilines is 1. The molecule has 1 aliphatic rings. The van der Waals surface area contributed by atoms with E-state index in [4.69, 9.17) is 9.15 Å². The third kappa shape index (κ3) is 3.75. The number of aliphatic hydroxyl groups excluding tert-OH is 1. The minimum absolute atomic E-state index is 0.0488. The molecule has 36 heavy (non-hydrogen) atoms. The number of rotatable bonds is 4. The van der Waals surface area contributed by atoms with Crippen molar-refractivity contribution in [3.8, 4) is 5.75 Å². The predicted molar refractivity (Wildman–Crippen MR) is 139 cm³/mol. The molecule has 182 valence electrons. The first-order valence-electron chi connectivity index (χ1n) is 11.7. The minimum atomic E-state index is -0.950. The van der Waals surface area contributed by atoms with Gasteiger partial charge in [0.1, 0.15) is 23.3 Å². The van der Waals surface area contributed by atoms with Gasteiger partial charge in [-0.3, -0.25) is 14.5 Å². The number of furan rings is 1. The van der Waals surface area contributed by atoms with Crippen molar-refractivity contribution in [1.29, 1.82) is 0 Å². The fourth-order valence-corrected chi connectivity index (χ4v) is 4.72. The molecule has 1 N–H and O–H groups in total. The Bertz CT molecular complexity index is 1500. The van der Waals surface area contributed by atoms with Gasteiger partial charge >= 0.3 is 0 Å². The van der Waals surface area contributed by atoms with Crippen molar-refractivity contribution >= 4 is 33.9 Å². The van der Waals surface area contributed by atoms with Gasteiger partial charge in [0, 0.05) is 5.39 Å². The highest BCUT2D eigenvalue weighted by Crippen LogP contribution is 2.45. The van der Waals surface area contributed by atoms with Crippen molar-refractivity contribution in [1.82, 2.24) is 0 Å². The zero-order valence-corrected chi connectivity index (χ0v) is 20.6. The first-order valence-corrected chi connectivity index (χ1v) is 11.7. The summed E-state index contributed by atoms with van der Waals surface area (Å²) in [5.74, 6) is -1.06. The van der Waals surface area contributed by atoms with E-state index in [1.807, 2.05) is 42.5 Å². The first kappa shape index (κ1) is 23.4. The third-order valence-corrected chi connectivity index (χ3v) is 6.60. The summed E-state index contributed by atoms with van der Waals surface area (Å²) in [6.45, 7) is 6.17. The van der Waals surface area contributed by atoms with Crippen LogP contribution in [0.5, 0.6) is 5.75 Å². The van der Waals surface area contributed by atoms with E-state index in [0.29, 0.717) is 22.8 Å². The molecule has 6 heteroatoms. The van der Waals surface area contributed by atoms with Crippen LogP contribution in [-0.4, -0.2) is 23.9 Å². The largest absolute Gasteiger partial charge is 0.507 e. The summed E-state index contributed by atoms with van der Waals surface area (Å²) in [7, 11) is 1.50. The standard InChI is InChI=1S/C30H27NO5/c1-30(2,3)19-14-15-23(35-4)21(17-19)27(32)25-26(24-13-8-16-36-24)31(29(34)28(25)33)22-12-7-10-18-9-5-6-11-20(18)22/h5-17,26,32H,1-4H3/b27-25+. The Kier molecular flexibility index (Phi) is 5.67. The number of ketones is 1. The van der Waals surface area contributed by atoms with Gasteiger partial charge in [-0.15, -0.1) is 0 Å². The lowest BCUT2D eigenvalue weighted by atomic mass is 9.85. The molecule has 1 amide bonds. The van der Waals surface area contributed by atoms with Crippen LogP contribution in [-0.2, 0) is 15.0 Å². The van der Waals surface area contributed by atoms with E-state index in [2.05, 4.69) is 20.8 Å². The number of aliphatic hydroxyl groups is 1. The minimum Gasteiger partial charge on any atom is -0.507 e. The van der Waals surface area contributed by atoms with E-state index in [1.54, 1.807) is 30.3 Å². The Balaban J connectivity index is 1.78. The molecule has 4 aromatic rings. The zero-order chi connectivity index (χ0) is 25.6. The molecule has 1 aromatic heterocycles. The maximum Gasteiger partial charge on any atom is 0.300 e. The summed E-state index contributed by atoms with van der Waals surface area (Å²) in [5.41, 5.74) is 1.59. The molecule has 0 spiro atoms. The number of methoxy groups -OCH3 is 1. The molecule has 3 aromatic carbocycles. The van der Waals surface area contributed by atoms with E-state index in [-0.39, 0.29) is 16.7 Å². The Morgan fingerprint density at radius 2 is 1.72 bits per heavy atom. The van der Waals surface area contributed by atoms with E-state index < -0.39 is 17.7 Å². The molecule has 1 atom stereocenters. The summed E-state index contributed by atoms with van der Waals surface area (Å²) in [4.78, 5) is 28.5. The van der Waals surface area contributed by atoms with Crippen LogP contribution in [0.25, 0.3) is 16.5 Å². The van der Waals surface area contributed by atoms with Gasteiger partial charge in [-0.2, -0.15) is 0 Å². The highest BCUT2D eigenvalue weighted by atomic mass is 16.5. The molecule has 1 unspecified atom stereocenters. The highest BCUT2D eigenvalue weighted by molar-refractivity contribution is 6.52. The van der Waals surface area contributed by atoms with Crippen LogP contribution in [0.2, 0.25) is 0 Å². The van der Waals surface area contributed by atoms with Gasteiger partial charge in [-0.05, 0) is 46.7 Å². The number of hydrogen-bond donors (Lipinski definition) is 1. The SMILES string of the molecule is COc1ccc(C(C)(C)C)cc1/C(O)=C1\C(=O)C(=O)N(c2cccc3ccccc23)C1c1ccco1. The monoisotopic (exact) mass is 481 g/mol. The number of Topliss-reactive ketones (excluding diaryl/α,β-unsaturated/α-hetero) is 1. The van der Waals surface area contributed by atoms with Crippen molar-refractivity contribution in [3.63, 3.8) is 0 Å². The molecule has 2 heterocycles. The summed E-state index contributed by atoms with van der Waals surface area (Å²) in [5, 5.41) is 13.4. The van der Waals surface area contributed by atoms with Crippen molar-refractivity contribution in [2.75, 3.05) is 12.0 Å². The summed E-state index contributed by atoms with van der Waals surface area (Å²) in [6.07, 6.45) is 1.49. The van der Waals surface area contributed by atoms with E-state index in [0.717, 1.165) is 16.3 Å². The van der Waals surface area contributed by atoms with Gasteiger partial charge in [0.25, 0.3) is 11.7 Å². The molecule has 6 nitrogen and oxygen atoms in total. The highest BCUT2D eigenvalue weighted by Gasteiger charge is 2.49. The van der Waals surface area contributed by atoms with Crippen molar-refractivity contribution in [3.05, 3.63) is 102 Å². The average molecular weight is 482 g/mol. The second-order valence-corrected chi connectivity index (χ2v) is 9.85. The summed E-state index contributed by atoms with van der Waals surface area (Å²) < 4.78 is 11.2. The van der Waals surface area contributed by atoms with Gasteiger partial charge < -0.3 is 14.3 Å². The van der Waals surface area contributed by atoms with Crippen molar-refractivity contribution in [2.24, 2.45) is 0 Å². The fraction of sp³-hybridized carbons (Fsp3) is 0.200. The number of amides is 1. The van der Waals surface area contributed by atoms with Gasteiger partial charge in [0.2, 0.25) is 0 Å². The van der Waals surface area contributed by atoms with Crippen LogP contribution in [0.1, 0.15) is 43.7 Å². The lowest BCUT2D eigenvalue weighted by Crippen LogP contribution is -2.29. The molecular weight excluding hydrogens is 454 g/mol. The van der Waals surface area contributed by atoms with Crippen molar-refractivity contribution < 1.29 is 23.8 Å². The molecule has 0 aliphatic carbocycles. The van der Waals surface area contributed by atoms with Gasteiger partial charge in [0.05, 0.1) is 30.2 Å². The van der Waals surface area contributed by atoms with Crippen LogP contribution in [0.4, 0.5) is 5.69 Å². The summed E-state index contributed by atoms with van der Waals surface area (Å²) >= 11 is 0. The molecule has 0 radical (unpaired) electrons. The average Bonchev–Trinajstić information content (AvgIpc) is 3.49. The van der Waals surface area contributed by atoms with Crippen LogP contribution >= 0.6 is 0 Å². The Morgan fingerprint density at radius 3 is 2.42 bits per heavy atom. The Labute approximate surface area is 209 Å². The Morgan fingerprint density at radius 1 is 0.972 bits per heavy atom. The summed E-state index contributed by atoms with van der Waals surface area (Å²) in [6, 6.07) is 21.2. The normalized spacial score (nSPS) is 17.7. The predicted octanol–water partition coefficient (Wildman–Crippen LogP) is 6.37. The van der Waals surface area contributed by atoms with Crippen LogP contribution in [0.15, 0.2) is 89.0 Å². The second-order valence-electron chi connectivity index (χ2n) is 9.85. The molecule has 0 bridgehead atoms. The number of carbonyl (C=O) groups excluding carboxylic acids is 2. The first-order chi connectivity index (χ1) is 17.2. The number of nitrogens with zero attached hydrogens (tertiary/aromatic N) is 1. The van der Waals surface area contributed by atoms with Crippen LogP contribution < -0.4 is 9.64 Å². The van der Waals surface area contributed by atoms with E-state index in [1.165, 1.54) is 18.3 Å². The smallest absolute Gasteiger partial charge is 0.300 e. The van der Waals surface area contributed by atoms with E-state index in [9.17, 15) is 14.7 Å². The number of benzene rings is 3. The quantitative estimate of drug-likeness (QED) is 0.208. The zero-order valence-electron chi connectivity index (χ0n) is 20.6. The fourth-order valence-electron chi connectivity index (χ4n) is 4.72. The molecule has 1 fully saturated rings. The maximum absolute atomic E-state index is 13.5. The topological polar surface area (TPSA) is 80.0 Å². The lowest BCUT2D eigenvalue weighted by Gasteiger charge is -2.25. The molecule has 5 rings (SSSR count). The van der Waals surface area contributed by atoms with Crippen LogP contribution in [0, 0.1) is 0 Å². The third-order valence-electron chi connectivity index (χ3n) is 6.60. The number of fused-ring (bicyclic) bond motifs is 1. The second kappa shape index (κ2) is 8.72. The lowest BCUT2D eigenvalue weighted by molar-refractivity contribution is -0.132. The van der Waals surface area contributed by atoms with Gasteiger partial charge in [-0.25, -0.2) is 0 Å². The van der Waals surface area contributed by atoms with Crippen molar-refractivity contribution in [2.45, 2.75) is 32.2 Å². The number of ether oxygens (including phenoxy) is 1. The molecule has 1 saturated heterocycles. The number of carbonyl (C=O) groups is 2. The maximum atomic E-state index is 13.5. The van der Waals surface area contributed by atoms with Gasteiger partial charge in [0.15, 0.2) is 0 Å². The molecule has 0 saturated carbocycles. The molecular formula is C30H27NO5. The van der Waals surface area contributed by atoms with Gasteiger partial charge in [-0.1, -0.05) is 63.2 Å². The van der Waals surface area contributed by atoms with E-state index >= 15 is 0 Å². The number of hydrogen-bond acceptors (Lipinski definition) is 5. The molecule has 1 aliphatic heterocycles.